The van der Waals surface area contributed by atoms with Crippen molar-refractivity contribution < 1.29 is 9.72 Å². The Balaban J connectivity index is 2.03. The predicted octanol–water partition coefficient (Wildman–Crippen LogP) is 2.65. The van der Waals surface area contributed by atoms with Crippen LogP contribution in [0.5, 0.6) is 0 Å². The molecule has 19 heavy (non-hydrogen) atoms. The summed E-state index contributed by atoms with van der Waals surface area (Å²) in [5, 5.41) is 13.5. The molecule has 102 valence electrons. The summed E-state index contributed by atoms with van der Waals surface area (Å²) in [4.78, 5) is 22.2. The quantitative estimate of drug-likeness (QED) is 0.513. The van der Waals surface area contributed by atoms with E-state index in [0.717, 1.165) is 12.8 Å². The Morgan fingerprint density at radius 2 is 2.21 bits per heavy atom. The molecule has 6 heteroatoms. The summed E-state index contributed by atoms with van der Waals surface area (Å²) in [6.07, 6.45) is 2.08. The zero-order valence-electron chi connectivity index (χ0n) is 10.6. The monoisotopic (exact) mass is 282 g/mol. The van der Waals surface area contributed by atoms with E-state index >= 15 is 0 Å². The molecule has 0 heterocycles. The third-order valence-corrected chi connectivity index (χ3v) is 4.09. The number of amides is 1. The average Bonchev–Trinajstić information content (AvgIpc) is 3.16. The van der Waals surface area contributed by atoms with Crippen molar-refractivity contribution in [3.8, 4) is 0 Å². The van der Waals surface area contributed by atoms with Crippen LogP contribution in [-0.4, -0.2) is 23.3 Å². The van der Waals surface area contributed by atoms with Gasteiger partial charge in [0, 0.05) is 35.0 Å². The fraction of sp³-hybridized carbons (Fsp3) is 0.462. The molecule has 1 amide bonds. The minimum Gasteiger partial charge on any atom is -0.351 e. The second kappa shape index (κ2) is 5.17. The first-order valence-corrected chi connectivity index (χ1v) is 6.60. The Bertz CT molecular complexity index is 527. The van der Waals surface area contributed by atoms with Gasteiger partial charge in [0.1, 0.15) is 0 Å². The summed E-state index contributed by atoms with van der Waals surface area (Å²) in [5.41, 5.74) is 1.01. The van der Waals surface area contributed by atoms with E-state index in [1.807, 2.05) is 0 Å². The lowest BCUT2D eigenvalue weighted by atomic mass is 10.1. The van der Waals surface area contributed by atoms with Crippen LogP contribution in [0.15, 0.2) is 18.2 Å². The van der Waals surface area contributed by atoms with E-state index in [4.69, 9.17) is 11.6 Å². The number of carbonyl (C=O) groups is 1. The van der Waals surface area contributed by atoms with Crippen LogP contribution in [0.4, 0.5) is 5.69 Å². The number of benzene rings is 1. The maximum Gasteiger partial charge on any atom is 0.272 e. The van der Waals surface area contributed by atoms with Crippen molar-refractivity contribution in [2.45, 2.75) is 19.8 Å². The second-order valence-electron chi connectivity index (χ2n) is 5.07. The van der Waals surface area contributed by atoms with Crippen LogP contribution < -0.4 is 5.32 Å². The summed E-state index contributed by atoms with van der Waals surface area (Å²) in [5.74, 6) is 0.335. The highest BCUT2D eigenvalue weighted by Gasteiger charge is 2.41. The van der Waals surface area contributed by atoms with E-state index in [9.17, 15) is 14.9 Å². The molecule has 0 unspecified atom stereocenters. The third-order valence-electron chi connectivity index (χ3n) is 3.52. The number of nitro benzene ring substituents is 1. The number of nitrogens with zero attached hydrogens (tertiary/aromatic N) is 1. The Kier molecular flexibility index (Phi) is 3.75. The minimum atomic E-state index is -0.455. The van der Waals surface area contributed by atoms with Crippen LogP contribution >= 0.6 is 11.6 Å². The molecular weight excluding hydrogens is 268 g/mol. The fourth-order valence-corrected chi connectivity index (χ4v) is 2.27. The molecule has 1 saturated carbocycles. The van der Waals surface area contributed by atoms with Gasteiger partial charge in [0.2, 0.25) is 0 Å². The van der Waals surface area contributed by atoms with Gasteiger partial charge in [-0.15, -0.1) is 11.6 Å². The Hall–Kier alpha value is -1.62. The van der Waals surface area contributed by atoms with Crippen molar-refractivity contribution in [1.29, 1.82) is 0 Å². The molecule has 2 rings (SSSR count). The lowest BCUT2D eigenvalue weighted by molar-refractivity contribution is -0.385. The van der Waals surface area contributed by atoms with Gasteiger partial charge in [-0.25, -0.2) is 0 Å². The number of halogens is 1. The number of aryl methyl sites for hydroxylation is 1. The summed E-state index contributed by atoms with van der Waals surface area (Å²) in [6.45, 7) is 2.18. The van der Waals surface area contributed by atoms with E-state index in [0.29, 0.717) is 23.6 Å². The first kappa shape index (κ1) is 13.8. The lowest BCUT2D eigenvalue weighted by Crippen LogP contribution is -2.31. The van der Waals surface area contributed by atoms with Crippen LogP contribution in [0.1, 0.15) is 28.8 Å². The van der Waals surface area contributed by atoms with Gasteiger partial charge >= 0.3 is 0 Å². The van der Waals surface area contributed by atoms with Crippen LogP contribution in [0.25, 0.3) is 0 Å². The topological polar surface area (TPSA) is 72.2 Å². The highest BCUT2D eigenvalue weighted by molar-refractivity contribution is 6.18. The van der Waals surface area contributed by atoms with Gasteiger partial charge in [0.15, 0.2) is 0 Å². The van der Waals surface area contributed by atoms with Gasteiger partial charge in [0.25, 0.3) is 11.6 Å². The smallest absolute Gasteiger partial charge is 0.272 e. The maximum absolute atomic E-state index is 11.9. The maximum atomic E-state index is 11.9. The second-order valence-corrected chi connectivity index (χ2v) is 5.34. The number of alkyl halides is 1. The van der Waals surface area contributed by atoms with Crippen LogP contribution in [0.3, 0.4) is 0 Å². The average molecular weight is 283 g/mol. The molecule has 1 aromatic carbocycles. The number of rotatable bonds is 5. The fourth-order valence-electron chi connectivity index (χ4n) is 1.91. The number of hydrogen-bond donors (Lipinski definition) is 1. The van der Waals surface area contributed by atoms with Crippen LogP contribution in [-0.2, 0) is 0 Å². The van der Waals surface area contributed by atoms with Crippen LogP contribution in [0, 0.1) is 22.5 Å². The molecule has 1 N–H and O–H groups in total. The molecule has 1 aliphatic carbocycles. The molecule has 0 aromatic heterocycles. The summed E-state index contributed by atoms with van der Waals surface area (Å²) in [6, 6.07) is 4.37. The summed E-state index contributed by atoms with van der Waals surface area (Å²) < 4.78 is 0. The molecule has 1 fully saturated rings. The zero-order chi connectivity index (χ0) is 14.0. The van der Waals surface area contributed by atoms with E-state index in [1.165, 1.54) is 18.2 Å². The Labute approximate surface area is 116 Å². The van der Waals surface area contributed by atoms with Crippen molar-refractivity contribution in [1.82, 2.24) is 5.32 Å². The third kappa shape index (κ3) is 3.04. The van der Waals surface area contributed by atoms with E-state index in [2.05, 4.69) is 5.32 Å². The normalized spacial score (nSPS) is 15.9. The molecule has 0 bridgehead atoms. The van der Waals surface area contributed by atoms with Gasteiger partial charge in [-0.1, -0.05) is 0 Å². The van der Waals surface area contributed by atoms with E-state index < -0.39 is 4.92 Å². The van der Waals surface area contributed by atoms with Gasteiger partial charge in [-0.2, -0.15) is 0 Å². The van der Waals surface area contributed by atoms with E-state index in [-0.39, 0.29) is 17.0 Å². The van der Waals surface area contributed by atoms with Crippen molar-refractivity contribution in [3.63, 3.8) is 0 Å². The van der Waals surface area contributed by atoms with Gasteiger partial charge < -0.3 is 5.32 Å². The minimum absolute atomic E-state index is 0.0240. The highest BCUT2D eigenvalue weighted by Crippen LogP contribution is 2.45. The largest absolute Gasteiger partial charge is 0.351 e. The Morgan fingerprint density at radius 1 is 1.53 bits per heavy atom. The first-order valence-electron chi connectivity index (χ1n) is 6.07. The zero-order valence-corrected chi connectivity index (χ0v) is 11.4. The molecule has 5 nitrogen and oxygen atoms in total. The highest BCUT2D eigenvalue weighted by atomic mass is 35.5. The number of hydrogen-bond acceptors (Lipinski definition) is 3. The predicted molar refractivity (Wildman–Crippen MR) is 72.6 cm³/mol. The molecule has 0 aliphatic heterocycles. The molecule has 0 atom stereocenters. The van der Waals surface area contributed by atoms with Gasteiger partial charge in [0.05, 0.1) is 4.92 Å². The SMILES string of the molecule is Cc1cc(C(=O)NCC2(CCl)CC2)ccc1[N+](=O)[O-]. The molecule has 0 saturated heterocycles. The van der Waals surface area contributed by atoms with Crippen molar-refractivity contribution in [2.24, 2.45) is 5.41 Å². The summed E-state index contributed by atoms with van der Waals surface area (Å²) >= 11 is 5.84. The number of carbonyl (C=O) groups excluding carboxylic acids is 1. The molecule has 1 aliphatic rings. The van der Waals surface area contributed by atoms with Crippen LogP contribution in [0.2, 0.25) is 0 Å². The molecular formula is C13H15ClN2O3. The first-order chi connectivity index (χ1) is 8.97. The Morgan fingerprint density at radius 3 is 2.68 bits per heavy atom. The van der Waals surface area contributed by atoms with Gasteiger partial charge in [-0.05, 0) is 31.9 Å². The number of nitro groups is 1. The van der Waals surface area contributed by atoms with Crippen molar-refractivity contribution >= 4 is 23.2 Å². The lowest BCUT2D eigenvalue weighted by Gasteiger charge is -2.12. The molecule has 0 spiro atoms. The van der Waals surface area contributed by atoms with Gasteiger partial charge in [-0.3, -0.25) is 14.9 Å². The number of nitrogens with one attached hydrogen (secondary N) is 1. The molecule has 0 radical (unpaired) electrons. The van der Waals surface area contributed by atoms with Crippen molar-refractivity contribution in [3.05, 3.63) is 39.4 Å². The molecule has 1 aromatic rings. The standard InChI is InChI=1S/C13H15ClN2O3/c1-9-6-10(2-3-11(9)16(18)19)12(17)15-8-13(7-14)4-5-13/h2-3,6H,4-5,7-8H2,1H3,(H,15,17). The summed E-state index contributed by atoms with van der Waals surface area (Å²) in [7, 11) is 0. The van der Waals surface area contributed by atoms with E-state index in [1.54, 1.807) is 6.92 Å². The van der Waals surface area contributed by atoms with Crippen molar-refractivity contribution in [2.75, 3.05) is 12.4 Å².